The predicted octanol–water partition coefficient (Wildman–Crippen LogP) is 4.94. The van der Waals surface area contributed by atoms with Gasteiger partial charge in [0.15, 0.2) is 6.61 Å². The number of rotatable bonds is 7. The van der Waals surface area contributed by atoms with Crippen LogP contribution in [0.2, 0.25) is 10.0 Å². The smallest absolute Gasteiger partial charge is 0.340 e. The molecule has 3 aromatic carbocycles. The van der Waals surface area contributed by atoms with E-state index < -0.39 is 28.5 Å². The number of carbonyl (C=O) groups excluding carboxylic acids is 2. The molecule has 4 aromatic rings. The average molecular weight is 590 g/mol. The number of ether oxygens (including phenoxy) is 2. The predicted molar refractivity (Wildman–Crippen MR) is 150 cm³/mol. The Labute approximate surface area is 235 Å². The van der Waals surface area contributed by atoms with Crippen LogP contribution in [0.5, 0.6) is 0 Å². The SMILES string of the molecule is CCn1c2ccccc2c2cc(NC(=O)COC(=O)c3cc(S(=O)(=O)N4CCOCC4)c(Cl)cc3Cl)ccc21. The number of amides is 1. The highest BCUT2D eigenvalue weighted by atomic mass is 35.5. The molecule has 39 heavy (non-hydrogen) atoms. The largest absolute Gasteiger partial charge is 0.452 e. The molecule has 0 aliphatic carbocycles. The lowest BCUT2D eigenvalue weighted by Gasteiger charge is -2.26. The zero-order valence-electron chi connectivity index (χ0n) is 20.9. The van der Waals surface area contributed by atoms with Crippen molar-refractivity contribution in [2.24, 2.45) is 0 Å². The Kier molecular flexibility index (Phi) is 7.84. The van der Waals surface area contributed by atoms with E-state index in [0.29, 0.717) is 5.69 Å². The van der Waals surface area contributed by atoms with Crippen LogP contribution in [0.1, 0.15) is 17.3 Å². The van der Waals surface area contributed by atoms with Crippen molar-refractivity contribution >= 4 is 72.6 Å². The fourth-order valence-electron chi connectivity index (χ4n) is 4.69. The lowest BCUT2D eigenvalue weighted by atomic mass is 10.1. The van der Waals surface area contributed by atoms with Crippen molar-refractivity contribution in [3.63, 3.8) is 0 Å². The molecule has 2 heterocycles. The lowest BCUT2D eigenvalue weighted by molar-refractivity contribution is -0.119. The van der Waals surface area contributed by atoms with Gasteiger partial charge in [-0.05, 0) is 43.3 Å². The molecule has 0 atom stereocenters. The molecule has 9 nitrogen and oxygen atoms in total. The average Bonchev–Trinajstić information content (AvgIpc) is 3.25. The van der Waals surface area contributed by atoms with E-state index in [0.717, 1.165) is 34.4 Å². The van der Waals surface area contributed by atoms with Crippen LogP contribution in [0.3, 0.4) is 0 Å². The number of hydrogen-bond donors (Lipinski definition) is 1. The van der Waals surface area contributed by atoms with Gasteiger partial charge in [0.05, 0.1) is 28.8 Å². The number of benzene rings is 3. The molecule has 0 unspecified atom stereocenters. The Morgan fingerprint density at radius 1 is 0.974 bits per heavy atom. The van der Waals surface area contributed by atoms with Crippen molar-refractivity contribution in [2.45, 2.75) is 18.4 Å². The molecular formula is C27H25Cl2N3O6S. The summed E-state index contributed by atoms with van der Waals surface area (Å²) in [5.41, 5.74) is 2.48. The number of anilines is 1. The molecule has 1 amide bonds. The van der Waals surface area contributed by atoms with Crippen LogP contribution < -0.4 is 5.32 Å². The summed E-state index contributed by atoms with van der Waals surface area (Å²) in [6.45, 7) is 3.10. The summed E-state index contributed by atoms with van der Waals surface area (Å²) in [6.07, 6.45) is 0. The first-order valence-electron chi connectivity index (χ1n) is 12.3. The van der Waals surface area contributed by atoms with E-state index in [1.807, 2.05) is 30.3 Å². The van der Waals surface area contributed by atoms with E-state index in [4.69, 9.17) is 32.7 Å². The highest BCUT2D eigenvalue weighted by molar-refractivity contribution is 7.89. The third-order valence-corrected chi connectivity index (χ3v) is 9.21. The van der Waals surface area contributed by atoms with Gasteiger partial charge >= 0.3 is 5.97 Å². The molecule has 5 rings (SSSR count). The van der Waals surface area contributed by atoms with E-state index in [1.165, 1.54) is 10.4 Å². The number of para-hydroxylation sites is 1. The number of hydrogen-bond acceptors (Lipinski definition) is 6. The molecule has 204 valence electrons. The van der Waals surface area contributed by atoms with Crippen molar-refractivity contribution in [1.82, 2.24) is 8.87 Å². The van der Waals surface area contributed by atoms with Gasteiger partial charge in [0, 0.05) is 47.1 Å². The van der Waals surface area contributed by atoms with Crippen LogP contribution in [-0.4, -0.2) is 62.1 Å². The monoisotopic (exact) mass is 589 g/mol. The lowest BCUT2D eigenvalue weighted by Crippen LogP contribution is -2.40. The van der Waals surface area contributed by atoms with Crippen LogP contribution in [0, 0.1) is 0 Å². The van der Waals surface area contributed by atoms with Gasteiger partial charge in [0.25, 0.3) is 5.91 Å². The zero-order chi connectivity index (χ0) is 27.7. The Balaban J connectivity index is 1.30. The maximum Gasteiger partial charge on any atom is 0.340 e. The normalized spacial score (nSPS) is 14.5. The second-order valence-electron chi connectivity index (χ2n) is 8.90. The van der Waals surface area contributed by atoms with E-state index in [9.17, 15) is 18.0 Å². The number of carbonyl (C=O) groups is 2. The third-order valence-electron chi connectivity index (χ3n) is 6.54. The Bertz CT molecular complexity index is 1700. The molecule has 0 radical (unpaired) electrons. The molecule has 0 saturated carbocycles. The fraction of sp³-hybridized carbons (Fsp3) is 0.259. The van der Waals surface area contributed by atoms with Gasteiger partial charge in [0.2, 0.25) is 10.0 Å². The number of aromatic nitrogens is 1. The summed E-state index contributed by atoms with van der Waals surface area (Å²) < 4.78 is 40.0. The highest BCUT2D eigenvalue weighted by Crippen LogP contribution is 2.32. The first kappa shape index (κ1) is 27.4. The number of nitrogens with zero attached hydrogens (tertiary/aromatic N) is 2. The maximum absolute atomic E-state index is 13.1. The number of esters is 1. The summed E-state index contributed by atoms with van der Waals surface area (Å²) in [4.78, 5) is 25.1. The number of halogens is 2. The topological polar surface area (TPSA) is 107 Å². The van der Waals surface area contributed by atoms with E-state index in [1.54, 1.807) is 6.07 Å². The third kappa shape index (κ3) is 5.35. The highest BCUT2D eigenvalue weighted by Gasteiger charge is 2.30. The number of morpholine rings is 1. The second-order valence-corrected chi connectivity index (χ2v) is 11.6. The van der Waals surface area contributed by atoms with E-state index in [2.05, 4.69) is 22.9 Å². The molecule has 12 heteroatoms. The Morgan fingerprint density at radius 3 is 2.44 bits per heavy atom. The molecule has 0 bridgehead atoms. The minimum Gasteiger partial charge on any atom is -0.452 e. The minimum atomic E-state index is -4.00. The maximum atomic E-state index is 13.1. The van der Waals surface area contributed by atoms with Crippen molar-refractivity contribution in [2.75, 3.05) is 38.2 Å². The summed E-state index contributed by atoms with van der Waals surface area (Å²) in [5, 5.41) is 4.58. The summed E-state index contributed by atoms with van der Waals surface area (Å²) in [7, 11) is -4.00. The first-order chi connectivity index (χ1) is 18.7. The van der Waals surface area contributed by atoms with Crippen LogP contribution in [0.25, 0.3) is 21.8 Å². The minimum absolute atomic E-state index is 0.0934. The van der Waals surface area contributed by atoms with Gasteiger partial charge in [-0.15, -0.1) is 0 Å². The van der Waals surface area contributed by atoms with Crippen molar-refractivity contribution in [3.8, 4) is 0 Å². The fourth-order valence-corrected chi connectivity index (χ4v) is 6.92. The van der Waals surface area contributed by atoms with Crippen LogP contribution >= 0.6 is 23.2 Å². The molecule has 1 N–H and O–H groups in total. The second kappa shape index (κ2) is 11.1. The molecule has 1 aromatic heterocycles. The summed E-state index contributed by atoms with van der Waals surface area (Å²) >= 11 is 12.4. The van der Waals surface area contributed by atoms with Crippen molar-refractivity contribution in [3.05, 3.63) is 70.2 Å². The standard InChI is InChI=1S/C27H25Cl2N3O6S/c1-2-32-23-6-4-3-5-18(23)19-13-17(7-8-24(19)32)30-26(33)16-38-27(34)20-14-25(22(29)15-21(20)28)39(35,36)31-9-11-37-12-10-31/h3-8,13-15H,2,9-12,16H2,1H3,(H,30,33). The summed E-state index contributed by atoms with van der Waals surface area (Å²) in [5.74, 6) is -1.51. The molecule has 0 spiro atoms. The van der Waals surface area contributed by atoms with Gasteiger partial charge in [-0.2, -0.15) is 4.31 Å². The number of sulfonamides is 1. The van der Waals surface area contributed by atoms with Gasteiger partial charge in [-0.25, -0.2) is 13.2 Å². The first-order valence-corrected chi connectivity index (χ1v) is 14.4. The van der Waals surface area contributed by atoms with Crippen molar-refractivity contribution in [1.29, 1.82) is 0 Å². The van der Waals surface area contributed by atoms with Gasteiger partial charge < -0.3 is 19.4 Å². The van der Waals surface area contributed by atoms with Crippen molar-refractivity contribution < 1.29 is 27.5 Å². The van der Waals surface area contributed by atoms with E-state index >= 15 is 0 Å². The van der Waals surface area contributed by atoms with Crippen LogP contribution in [0.4, 0.5) is 5.69 Å². The molecule has 1 fully saturated rings. The molecule has 1 saturated heterocycles. The molecular weight excluding hydrogens is 565 g/mol. The number of fused-ring (bicyclic) bond motifs is 3. The Morgan fingerprint density at radius 2 is 1.69 bits per heavy atom. The van der Waals surface area contributed by atoms with Gasteiger partial charge in [-0.3, -0.25) is 4.79 Å². The van der Waals surface area contributed by atoms with Gasteiger partial charge in [0.1, 0.15) is 4.90 Å². The molecule has 1 aliphatic rings. The number of aryl methyl sites for hydroxylation is 1. The Hall–Kier alpha value is -3.15. The molecule has 1 aliphatic heterocycles. The van der Waals surface area contributed by atoms with Crippen LogP contribution in [-0.2, 0) is 30.8 Å². The van der Waals surface area contributed by atoms with E-state index in [-0.39, 0.29) is 46.8 Å². The zero-order valence-corrected chi connectivity index (χ0v) is 23.3. The van der Waals surface area contributed by atoms with Crippen LogP contribution in [0.15, 0.2) is 59.5 Å². The summed E-state index contributed by atoms with van der Waals surface area (Å²) in [6, 6.07) is 15.9. The number of nitrogens with one attached hydrogen (secondary N) is 1. The quantitative estimate of drug-likeness (QED) is 0.306. The van der Waals surface area contributed by atoms with Gasteiger partial charge in [-0.1, -0.05) is 41.4 Å².